The van der Waals surface area contributed by atoms with Crippen LogP contribution in [-0.2, 0) is 9.59 Å². The maximum atomic E-state index is 13.1. The van der Waals surface area contributed by atoms with Crippen molar-refractivity contribution in [1.29, 1.82) is 0 Å². The van der Waals surface area contributed by atoms with E-state index in [0.717, 1.165) is 25.7 Å². The summed E-state index contributed by atoms with van der Waals surface area (Å²) in [6, 6.07) is 4.05. The molecule has 1 heterocycles. The number of aldehydes is 1. The number of ether oxygens (including phenoxy) is 1. The molecule has 1 aromatic rings. The van der Waals surface area contributed by atoms with Gasteiger partial charge < -0.3 is 15.4 Å². The minimum Gasteiger partial charge on any atom is -0.493 e. The highest BCUT2D eigenvalue weighted by Crippen LogP contribution is 2.25. The molecule has 1 fully saturated rings. The number of nitrogens with two attached hydrogens (primary N) is 1. The molecule has 8 nitrogen and oxygen atoms in total. The van der Waals surface area contributed by atoms with Crippen LogP contribution in [0.25, 0.3) is 0 Å². The summed E-state index contributed by atoms with van der Waals surface area (Å²) in [7, 11) is 1.49. The van der Waals surface area contributed by atoms with Crippen LogP contribution in [0, 0.1) is 0 Å². The second-order valence-electron chi connectivity index (χ2n) is 7.48. The lowest BCUT2D eigenvalue weighted by Crippen LogP contribution is -2.53. The van der Waals surface area contributed by atoms with E-state index >= 15 is 0 Å². The highest BCUT2D eigenvalue weighted by molar-refractivity contribution is 6.07. The number of likely N-dealkylation sites (N-methyl/N-ethyl adjacent to an activating group) is 1. The number of hydrogen-bond acceptors (Lipinski definition) is 6. The predicted molar refractivity (Wildman–Crippen MR) is 130 cm³/mol. The number of nitrogens with zero attached hydrogens (tertiary/aromatic N) is 1. The summed E-state index contributed by atoms with van der Waals surface area (Å²) in [6.45, 7) is 9.32. The molecule has 186 valence electrons. The van der Waals surface area contributed by atoms with E-state index in [1.165, 1.54) is 24.4 Å². The summed E-state index contributed by atoms with van der Waals surface area (Å²) in [5.74, 6) is -1.05. The predicted octanol–water partition coefficient (Wildman–Crippen LogP) is 3.72. The average molecular weight is 464 g/mol. The van der Waals surface area contributed by atoms with Gasteiger partial charge in [-0.2, -0.15) is 0 Å². The van der Waals surface area contributed by atoms with Gasteiger partial charge in [0.2, 0.25) is 11.8 Å². The molecule has 3 N–H and O–H groups in total. The largest absolute Gasteiger partial charge is 0.493 e. The van der Waals surface area contributed by atoms with Crippen molar-refractivity contribution >= 4 is 24.0 Å². The van der Waals surface area contributed by atoms with Crippen LogP contribution in [0.15, 0.2) is 18.2 Å². The molecule has 1 aliphatic heterocycles. The van der Waals surface area contributed by atoms with Crippen LogP contribution in [-0.4, -0.2) is 55.1 Å². The third-order valence-corrected chi connectivity index (χ3v) is 4.75. The van der Waals surface area contributed by atoms with Crippen molar-refractivity contribution in [2.75, 3.05) is 20.2 Å². The fourth-order valence-electron chi connectivity index (χ4n) is 3.15. The van der Waals surface area contributed by atoms with E-state index in [4.69, 9.17) is 10.5 Å². The van der Waals surface area contributed by atoms with Crippen molar-refractivity contribution in [2.24, 2.45) is 5.73 Å². The number of nitrogens with one attached hydrogen (secondary N) is 1. The number of carbonyl (C=O) groups excluding carboxylic acids is 4. The van der Waals surface area contributed by atoms with Crippen LogP contribution < -0.4 is 15.8 Å². The Bertz CT molecular complexity index is 752. The Hall–Kier alpha value is -2.74. The molecule has 0 saturated carbocycles. The van der Waals surface area contributed by atoms with E-state index in [0.29, 0.717) is 25.2 Å². The number of imide groups is 1. The molecule has 1 aromatic carbocycles. The molecule has 2 rings (SSSR count). The maximum Gasteiger partial charge on any atom is 0.258 e. The first-order chi connectivity index (χ1) is 15.9. The van der Waals surface area contributed by atoms with Gasteiger partial charge in [-0.15, -0.1) is 0 Å². The lowest BCUT2D eigenvalue weighted by Gasteiger charge is -2.30. The van der Waals surface area contributed by atoms with Crippen molar-refractivity contribution in [3.8, 4) is 5.75 Å². The van der Waals surface area contributed by atoms with E-state index in [1.54, 1.807) is 12.1 Å². The zero-order valence-electron chi connectivity index (χ0n) is 20.8. The van der Waals surface area contributed by atoms with Crippen LogP contribution in [0.3, 0.4) is 0 Å². The van der Waals surface area contributed by atoms with E-state index in [1.807, 2.05) is 13.8 Å². The van der Waals surface area contributed by atoms with Crippen LogP contribution in [0.2, 0.25) is 0 Å². The smallest absolute Gasteiger partial charge is 0.258 e. The highest BCUT2D eigenvalue weighted by atomic mass is 16.5. The number of hydrogen-bond donors (Lipinski definition) is 2. The molecular formula is C25H41N3O5. The number of benzene rings is 1. The van der Waals surface area contributed by atoms with Crippen molar-refractivity contribution in [1.82, 2.24) is 10.2 Å². The van der Waals surface area contributed by atoms with Crippen LogP contribution >= 0.6 is 0 Å². The second-order valence-corrected chi connectivity index (χ2v) is 7.48. The third-order valence-electron chi connectivity index (χ3n) is 4.75. The molecular weight excluding hydrogens is 422 g/mol. The molecule has 0 bridgehead atoms. The van der Waals surface area contributed by atoms with Gasteiger partial charge >= 0.3 is 0 Å². The number of carbonyl (C=O) groups is 4. The third kappa shape index (κ3) is 10.2. The number of amides is 3. The van der Waals surface area contributed by atoms with E-state index in [2.05, 4.69) is 19.2 Å². The fraction of sp³-hybridized carbons (Fsp3) is 0.600. The normalized spacial score (nSPS) is 14.7. The quantitative estimate of drug-likeness (QED) is 0.310. The molecule has 1 saturated heterocycles. The first-order valence-electron chi connectivity index (χ1n) is 11.9. The Morgan fingerprint density at radius 3 is 2.39 bits per heavy atom. The monoisotopic (exact) mass is 463 g/mol. The summed E-state index contributed by atoms with van der Waals surface area (Å²) in [5, 5.41) is 2.24. The Morgan fingerprint density at radius 2 is 1.82 bits per heavy atom. The van der Waals surface area contributed by atoms with Crippen LogP contribution in [0.5, 0.6) is 5.75 Å². The van der Waals surface area contributed by atoms with Gasteiger partial charge in [0.25, 0.3) is 5.91 Å². The standard InChI is InChI=1S/C20H27N3O5.C3H8.C2H6/c1-23(15-9-10-17(25)22-19(15)26)20(27)18-14(13-24)7-6-8-16(18)28-12-5-3-2-4-11-21;1-3-2;1-2/h6-8,13,15H,2-5,9-12,21H2,1H3,(H,22,25,26);3H2,1-2H3;1-2H3. The Labute approximate surface area is 198 Å². The highest BCUT2D eigenvalue weighted by Gasteiger charge is 2.34. The van der Waals surface area contributed by atoms with Gasteiger partial charge in [0.1, 0.15) is 11.8 Å². The Kier molecular flexibility index (Phi) is 16.3. The lowest BCUT2D eigenvalue weighted by molar-refractivity contribution is -0.136. The molecule has 1 aliphatic rings. The molecule has 8 heteroatoms. The Balaban J connectivity index is 0.00000189. The maximum absolute atomic E-state index is 13.1. The van der Waals surface area contributed by atoms with Crippen LogP contribution in [0.1, 0.15) is 93.4 Å². The average Bonchev–Trinajstić information content (AvgIpc) is 2.82. The second kappa shape index (κ2) is 17.8. The summed E-state index contributed by atoms with van der Waals surface area (Å²) >= 11 is 0. The summed E-state index contributed by atoms with van der Waals surface area (Å²) in [4.78, 5) is 49.2. The van der Waals surface area contributed by atoms with Crippen molar-refractivity contribution < 1.29 is 23.9 Å². The summed E-state index contributed by atoms with van der Waals surface area (Å²) in [5.41, 5.74) is 5.80. The van der Waals surface area contributed by atoms with Gasteiger partial charge in [-0.3, -0.25) is 24.5 Å². The van der Waals surface area contributed by atoms with Gasteiger partial charge in [-0.25, -0.2) is 0 Å². The molecule has 3 amide bonds. The lowest BCUT2D eigenvalue weighted by atomic mass is 10.0. The first-order valence-corrected chi connectivity index (χ1v) is 11.9. The van der Waals surface area contributed by atoms with E-state index < -0.39 is 17.9 Å². The molecule has 1 unspecified atom stereocenters. The van der Waals surface area contributed by atoms with Crippen molar-refractivity contribution in [2.45, 2.75) is 78.7 Å². The fourth-order valence-corrected chi connectivity index (χ4v) is 3.15. The van der Waals surface area contributed by atoms with E-state index in [9.17, 15) is 19.2 Å². The van der Waals surface area contributed by atoms with Crippen molar-refractivity contribution in [3.63, 3.8) is 0 Å². The zero-order chi connectivity index (χ0) is 25.2. The van der Waals surface area contributed by atoms with Gasteiger partial charge in [0.15, 0.2) is 6.29 Å². The SMILES string of the molecule is CC.CCC.CN(C(=O)c1c(C=O)cccc1OCCCCCCN)C1CCC(=O)NC1=O. The minimum atomic E-state index is -0.769. The van der Waals surface area contributed by atoms with Gasteiger partial charge in [-0.1, -0.05) is 59.1 Å². The summed E-state index contributed by atoms with van der Waals surface area (Å²) in [6.07, 6.45) is 5.99. The topological polar surface area (TPSA) is 119 Å². The molecule has 1 atom stereocenters. The molecule has 33 heavy (non-hydrogen) atoms. The number of rotatable bonds is 10. The Morgan fingerprint density at radius 1 is 1.18 bits per heavy atom. The van der Waals surface area contributed by atoms with Crippen LogP contribution in [0.4, 0.5) is 0 Å². The molecule has 0 aliphatic carbocycles. The van der Waals surface area contributed by atoms with Crippen molar-refractivity contribution in [3.05, 3.63) is 29.3 Å². The molecule has 0 spiro atoms. The number of piperidine rings is 1. The molecule has 0 radical (unpaired) electrons. The molecule has 0 aromatic heterocycles. The zero-order valence-corrected chi connectivity index (χ0v) is 20.8. The van der Waals surface area contributed by atoms with Gasteiger partial charge in [0, 0.05) is 19.0 Å². The number of unbranched alkanes of at least 4 members (excludes halogenated alkanes) is 3. The first kappa shape index (κ1) is 30.3. The van der Waals surface area contributed by atoms with Gasteiger partial charge in [0.05, 0.1) is 12.2 Å². The summed E-state index contributed by atoms with van der Waals surface area (Å²) < 4.78 is 5.77. The van der Waals surface area contributed by atoms with E-state index in [-0.39, 0.29) is 29.9 Å². The minimum absolute atomic E-state index is 0.131. The van der Waals surface area contributed by atoms with Gasteiger partial charge in [-0.05, 0) is 31.9 Å².